The van der Waals surface area contributed by atoms with Gasteiger partial charge < -0.3 is 10.0 Å². The Morgan fingerprint density at radius 1 is 1.26 bits per heavy atom. The van der Waals surface area contributed by atoms with Crippen LogP contribution in [0.2, 0.25) is 0 Å². The predicted octanol–water partition coefficient (Wildman–Crippen LogP) is 2.67. The maximum Gasteiger partial charge on any atom is 0.140 e. The molecule has 0 radical (unpaired) electrons. The van der Waals surface area contributed by atoms with Gasteiger partial charge >= 0.3 is 0 Å². The number of nitriles is 1. The molecule has 1 N–H and O–H groups in total. The van der Waals surface area contributed by atoms with E-state index in [-0.39, 0.29) is 5.82 Å². The van der Waals surface area contributed by atoms with E-state index in [9.17, 15) is 9.50 Å². The first-order chi connectivity index (χ1) is 11.1. The van der Waals surface area contributed by atoms with E-state index >= 15 is 0 Å². The molecule has 1 aliphatic heterocycles. The molecule has 1 saturated heterocycles. The number of rotatable bonds is 3. The van der Waals surface area contributed by atoms with Crippen LogP contribution in [-0.4, -0.2) is 28.8 Å². The number of nitrogens with zero attached hydrogens (tertiary/aromatic N) is 3. The summed E-state index contributed by atoms with van der Waals surface area (Å²) in [7, 11) is 0. The van der Waals surface area contributed by atoms with Gasteiger partial charge in [0.2, 0.25) is 0 Å². The Labute approximate surface area is 134 Å². The van der Waals surface area contributed by atoms with Crippen LogP contribution in [0.4, 0.5) is 10.1 Å². The Hall–Kier alpha value is -2.45. The minimum absolute atomic E-state index is 0.271. The molecule has 0 spiro atoms. The number of benzene rings is 1. The molecule has 2 heterocycles. The van der Waals surface area contributed by atoms with Crippen LogP contribution in [0.15, 0.2) is 42.6 Å². The van der Waals surface area contributed by atoms with Gasteiger partial charge in [0.25, 0.3) is 0 Å². The lowest BCUT2D eigenvalue weighted by Gasteiger charge is -2.39. The lowest BCUT2D eigenvalue weighted by molar-refractivity contribution is 0.0165. The fourth-order valence-corrected chi connectivity index (χ4v) is 3.02. The average molecular weight is 311 g/mol. The summed E-state index contributed by atoms with van der Waals surface area (Å²) in [5, 5.41) is 19.5. The van der Waals surface area contributed by atoms with Crippen LogP contribution in [0.25, 0.3) is 0 Å². The predicted molar refractivity (Wildman–Crippen MR) is 85.5 cm³/mol. The van der Waals surface area contributed by atoms with Gasteiger partial charge in [-0.1, -0.05) is 12.1 Å². The number of halogens is 1. The third-order valence-corrected chi connectivity index (χ3v) is 4.34. The van der Waals surface area contributed by atoms with Crippen molar-refractivity contribution in [3.63, 3.8) is 0 Å². The summed E-state index contributed by atoms with van der Waals surface area (Å²) < 4.78 is 13.3. The zero-order valence-electron chi connectivity index (χ0n) is 12.7. The van der Waals surface area contributed by atoms with Crippen LogP contribution in [0.1, 0.15) is 24.1 Å². The molecular weight excluding hydrogens is 293 g/mol. The molecule has 118 valence electrons. The van der Waals surface area contributed by atoms with Crippen LogP contribution < -0.4 is 4.90 Å². The van der Waals surface area contributed by atoms with E-state index in [4.69, 9.17) is 5.26 Å². The van der Waals surface area contributed by atoms with Crippen LogP contribution in [0.5, 0.6) is 0 Å². The van der Waals surface area contributed by atoms with E-state index in [2.05, 4.69) is 9.88 Å². The fourth-order valence-electron chi connectivity index (χ4n) is 3.02. The Kier molecular flexibility index (Phi) is 4.26. The first kappa shape index (κ1) is 15.4. The Bertz CT molecular complexity index is 716. The van der Waals surface area contributed by atoms with E-state index in [1.54, 1.807) is 18.3 Å². The van der Waals surface area contributed by atoms with E-state index in [1.165, 1.54) is 12.1 Å². The normalized spacial score (nSPS) is 16.8. The van der Waals surface area contributed by atoms with Gasteiger partial charge in [-0.15, -0.1) is 0 Å². The SMILES string of the molecule is N#Cc1ccc(N2CCC(O)(Cc3cccc(F)c3)CC2)cn1. The van der Waals surface area contributed by atoms with Crippen molar-refractivity contribution in [3.8, 4) is 6.07 Å². The number of piperidine rings is 1. The second kappa shape index (κ2) is 6.35. The Balaban J connectivity index is 1.63. The van der Waals surface area contributed by atoms with Crippen molar-refractivity contribution in [2.75, 3.05) is 18.0 Å². The van der Waals surface area contributed by atoms with E-state index in [0.29, 0.717) is 38.0 Å². The van der Waals surface area contributed by atoms with Crippen molar-refractivity contribution in [1.29, 1.82) is 5.26 Å². The minimum atomic E-state index is -0.801. The molecule has 2 aromatic rings. The summed E-state index contributed by atoms with van der Waals surface area (Å²) in [4.78, 5) is 6.23. The molecule has 0 amide bonds. The van der Waals surface area contributed by atoms with Gasteiger partial charge in [-0.3, -0.25) is 0 Å². The molecule has 0 atom stereocenters. The third kappa shape index (κ3) is 3.66. The molecule has 1 aromatic heterocycles. The van der Waals surface area contributed by atoms with Crippen LogP contribution in [0, 0.1) is 17.1 Å². The van der Waals surface area contributed by atoms with Crippen LogP contribution >= 0.6 is 0 Å². The number of hydrogen-bond donors (Lipinski definition) is 1. The molecule has 1 fully saturated rings. The zero-order valence-corrected chi connectivity index (χ0v) is 12.7. The molecular formula is C18H18FN3O. The van der Waals surface area contributed by atoms with E-state index < -0.39 is 5.60 Å². The summed E-state index contributed by atoms with van der Waals surface area (Å²) in [6, 6.07) is 12.0. The second-order valence-corrected chi connectivity index (χ2v) is 6.03. The van der Waals surface area contributed by atoms with E-state index in [0.717, 1.165) is 11.3 Å². The van der Waals surface area contributed by atoms with Gasteiger partial charge in [-0.05, 0) is 42.7 Å². The van der Waals surface area contributed by atoms with E-state index in [1.807, 2.05) is 18.2 Å². The molecule has 4 nitrogen and oxygen atoms in total. The lowest BCUT2D eigenvalue weighted by Crippen LogP contribution is -2.45. The van der Waals surface area contributed by atoms with Gasteiger partial charge in [0.05, 0.1) is 17.5 Å². The van der Waals surface area contributed by atoms with Crippen molar-refractivity contribution in [2.24, 2.45) is 0 Å². The highest BCUT2D eigenvalue weighted by atomic mass is 19.1. The summed E-state index contributed by atoms with van der Waals surface area (Å²) in [6.45, 7) is 1.42. The largest absolute Gasteiger partial charge is 0.389 e. The number of aromatic nitrogens is 1. The monoisotopic (exact) mass is 311 g/mol. The summed E-state index contributed by atoms with van der Waals surface area (Å²) >= 11 is 0. The highest BCUT2D eigenvalue weighted by molar-refractivity contribution is 5.46. The van der Waals surface area contributed by atoms with Gasteiger partial charge in [0.1, 0.15) is 17.6 Å². The lowest BCUT2D eigenvalue weighted by atomic mass is 9.85. The van der Waals surface area contributed by atoms with Crippen molar-refractivity contribution in [2.45, 2.75) is 24.9 Å². The molecule has 0 bridgehead atoms. The summed E-state index contributed by atoms with van der Waals surface area (Å²) in [5.74, 6) is -0.271. The first-order valence-electron chi connectivity index (χ1n) is 7.66. The molecule has 0 unspecified atom stereocenters. The molecule has 1 aliphatic rings. The first-order valence-corrected chi connectivity index (χ1v) is 7.66. The number of aliphatic hydroxyl groups is 1. The van der Waals surface area contributed by atoms with Gasteiger partial charge in [0, 0.05) is 19.5 Å². The number of pyridine rings is 1. The summed E-state index contributed by atoms with van der Waals surface area (Å²) in [6.07, 6.45) is 3.38. The maximum absolute atomic E-state index is 13.3. The highest BCUT2D eigenvalue weighted by Crippen LogP contribution is 2.29. The van der Waals surface area contributed by atoms with Crippen LogP contribution in [0.3, 0.4) is 0 Å². The molecule has 23 heavy (non-hydrogen) atoms. The number of hydrogen-bond acceptors (Lipinski definition) is 4. The van der Waals surface area contributed by atoms with Gasteiger partial charge in [-0.25, -0.2) is 9.37 Å². The topological polar surface area (TPSA) is 60.2 Å². The quantitative estimate of drug-likeness (QED) is 0.947. The smallest absolute Gasteiger partial charge is 0.140 e. The van der Waals surface area contributed by atoms with Crippen molar-refractivity contribution in [1.82, 2.24) is 4.98 Å². The Morgan fingerprint density at radius 3 is 2.65 bits per heavy atom. The molecule has 0 saturated carbocycles. The maximum atomic E-state index is 13.3. The molecule has 5 heteroatoms. The summed E-state index contributed by atoms with van der Waals surface area (Å²) in [5.41, 5.74) is 1.37. The second-order valence-electron chi connectivity index (χ2n) is 6.03. The molecule has 1 aromatic carbocycles. The minimum Gasteiger partial charge on any atom is -0.389 e. The number of anilines is 1. The van der Waals surface area contributed by atoms with Gasteiger partial charge in [-0.2, -0.15) is 5.26 Å². The zero-order chi connectivity index (χ0) is 16.3. The third-order valence-electron chi connectivity index (χ3n) is 4.34. The standard InChI is InChI=1S/C18H18FN3O/c19-15-3-1-2-14(10-15)11-18(23)6-8-22(9-7-18)17-5-4-16(12-20)21-13-17/h1-5,10,13,23H,6-9,11H2. The molecule has 3 rings (SSSR count). The van der Waals surface area contributed by atoms with Crippen molar-refractivity contribution >= 4 is 5.69 Å². The fraction of sp³-hybridized carbons (Fsp3) is 0.333. The highest BCUT2D eigenvalue weighted by Gasteiger charge is 2.32. The average Bonchev–Trinajstić information content (AvgIpc) is 2.55. The van der Waals surface area contributed by atoms with Crippen LogP contribution in [-0.2, 0) is 6.42 Å². The van der Waals surface area contributed by atoms with Crippen molar-refractivity contribution in [3.05, 3.63) is 59.7 Å². The van der Waals surface area contributed by atoms with Gasteiger partial charge in [0.15, 0.2) is 0 Å². The van der Waals surface area contributed by atoms with Crippen molar-refractivity contribution < 1.29 is 9.50 Å². The Morgan fingerprint density at radius 2 is 2.04 bits per heavy atom. The molecule has 0 aliphatic carbocycles.